The van der Waals surface area contributed by atoms with Gasteiger partial charge in [-0.05, 0) is 73.5 Å². The molecule has 4 saturated carbocycles. The number of rotatable bonds is 4. The molecular weight excluding hydrogens is 344 g/mol. The molecule has 1 aromatic carbocycles. The van der Waals surface area contributed by atoms with E-state index in [4.69, 9.17) is 14.2 Å². The summed E-state index contributed by atoms with van der Waals surface area (Å²) in [5.41, 5.74) is 0.924. The van der Waals surface area contributed by atoms with E-state index < -0.39 is 17.5 Å². The van der Waals surface area contributed by atoms with Gasteiger partial charge in [-0.1, -0.05) is 12.1 Å². The molecular formula is C22H26O5. The van der Waals surface area contributed by atoms with E-state index in [1.807, 2.05) is 12.1 Å². The Morgan fingerprint density at radius 2 is 1.81 bits per heavy atom. The zero-order valence-electron chi connectivity index (χ0n) is 15.7. The molecule has 1 aromatic rings. The van der Waals surface area contributed by atoms with Gasteiger partial charge in [0.05, 0.1) is 19.1 Å². The number of benzene rings is 1. The number of methoxy groups -OCH3 is 1. The standard InChI is InChI=1S/C22H26O5/c1-25-17-4-2-16(3-5-17)21-9-14-8-15(10-21)12-22(11-14,13-21)20(24)27-18-6-7-26-19(18)23/h2-5,14-15,18H,6-13H2,1H3/t14-,15-,18+,21?,22?/m1/s1. The van der Waals surface area contributed by atoms with Crippen molar-refractivity contribution in [2.24, 2.45) is 17.3 Å². The summed E-state index contributed by atoms with van der Waals surface area (Å²) in [6, 6.07) is 8.37. The third-order valence-corrected chi connectivity index (χ3v) is 7.33. The van der Waals surface area contributed by atoms with E-state index in [0.717, 1.165) is 37.9 Å². The average molecular weight is 370 g/mol. The molecule has 1 heterocycles. The molecule has 3 atom stereocenters. The Morgan fingerprint density at radius 1 is 1.11 bits per heavy atom. The lowest BCUT2D eigenvalue weighted by Gasteiger charge is -2.61. The summed E-state index contributed by atoms with van der Waals surface area (Å²) < 4.78 is 16.0. The van der Waals surface area contributed by atoms with Gasteiger partial charge in [0.2, 0.25) is 6.10 Å². The van der Waals surface area contributed by atoms with Gasteiger partial charge in [-0.25, -0.2) is 4.79 Å². The molecule has 1 aliphatic heterocycles. The summed E-state index contributed by atoms with van der Waals surface area (Å²) in [4.78, 5) is 25.0. The van der Waals surface area contributed by atoms with Gasteiger partial charge in [0.25, 0.3) is 0 Å². The Bertz CT molecular complexity index is 753. The molecule has 5 fully saturated rings. The highest BCUT2D eigenvalue weighted by atomic mass is 16.6. The predicted molar refractivity (Wildman–Crippen MR) is 97.2 cm³/mol. The van der Waals surface area contributed by atoms with Crippen molar-refractivity contribution in [2.75, 3.05) is 13.7 Å². The van der Waals surface area contributed by atoms with Crippen molar-refractivity contribution in [1.29, 1.82) is 0 Å². The quantitative estimate of drug-likeness (QED) is 0.760. The molecule has 0 aromatic heterocycles. The Kier molecular flexibility index (Phi) is 3.78. The van der Waals surface area contributed by atoms with Crippen LogP contribution < -0.4 is 4.74 Å². The van der Waals surface area contributed by atoms with Crippen LogP contribution in [0, 0.1) is 17.3 Å². The fraction of sp³-hybridized carbons (Fsp3) is 0.636. The number of hydrogen-bond donors (Lipinski definition) is 0. The lowest BCUT2D eigenvalue weighted by Crippen LogP contribution is -2.57. The van der Waals surface area contributed by atoms with Crippen LogP contribution in [0.3, 0.4) is 0 Å². The summed E-state index contributed by atoms with van der Waals surface area (Å²) in [6.45, 7) is 0.352. The summed E-state index contributed by atoms with van der Waals surface area (Å²) in [7, 11) is 1.68. The maximum absolute atomic E-state index is 13.2. The molecule has 0 unspecified atom stereocenters. The first-order chi connectivity index (χ1) is 13.0. The molecule has 4 bridgehead atoms. The van der Waals surface area contributed by atoms with Crippen molar-refractivity contribution in [3.05, 3.63) is 29.8 Å². The minimum absolute atomic E-state index is 0.0472. The zero-order valence-corrected chi connectivity index (χ0v) is 15.7. The van der Waals surface area contributed by atoms with Crippen molar-refractivity contribution in [3.63, 3.8) is 0 Å². The molecule has 5 aliphatic rings. The largest absolute Gasteiger partial charge is 0.497 e. The highest BCUT2D eigenvalue weighted by Gasteiger charge is 2.62. The molecule has 0 radical (unpaired) electrons. The van der Waals surface area contributed by atoms with Gasteiger partial charge in [0.15, 0.2) is 0 Å². The number of hydrogen-bond acceptors (Lipinski definition) is 5. The van der Waals surface area contributed by atoms with E-state index in [1.54, 1.807) is 7.11 Å². The monoisotopic (exact) mass is 370 g/mol. The van der Waals surface area contributed by atoms with Gasteiger partial charge >= 0.3 is 11.9 Å². The third kappa shape index (κ3) is 2.66. The first-order valence-electron chi connectivity index (χ1n) is 10.0. The van der Waals surface area contributed by atoms with Crippen LogP contribution in [0.4, 0.5) is 0 Å². The Hall–Kier alpha value is -2.04. The SMILES string of the molecule is COc1ccc(C23C[C@H]4C[C@@H](CC(C(=O)O[C@H]5CCOC5=O)(C4)C2)C3)cc1. The number of carbonyl (C=O) groups is 2. The maximum Gasteiger partial charge on any atom is 0.347 e. The summed E-state index contributed by atoms with van der Waals surface area (Å²) >= 11 is 0. The van der Waals surface area contributed by atoms with Crippen LogP contribution in [0.15, 0.2) is 24.3 Å². The highest BCUT2D eigenvalue weighted by Crippen LogP contribution is 2.66. The molecule has 1 saturated heterocycles. The van der Waals surface area contributed by atoms with Crippen LogP contribution in [0.2, 0.25) is 0 Å². The first-order valence-corrected chi connectivity index (χ1v) is 10.0. The lowest BCUT2D eigenvalue weighted by atomic mass is 9.43. The number of cyclic esters (lactones) is 1. The Labute approximate surface area is 159 Å². The van der Waals surface area contributed by atoms with Crippen molar-refractivity contribution in [1.82, 2.24) is 0 Å². The zero-order chi connectivity index (χ0) is 18.6. The smallest absolute Gasteiger partial charge is 0.347 e. The fourth-order valence-electron chi connectivity index (χ4n) is 6.62. The van der Waals surface area contributed by atoms with Crippen LogP contribution in [-0.4, -0.2) is 31.8 Å². The normalized spacial score (nSPS) is 39.3. The van der Waals surface area contributed by atoms with Crippen molar-refractivity contribution in [2.45, 2.75) is 56.5 Å². The minimum Gasteiger partial charge on any atom is -0.497 e. The maximum atomic E-state index is 13.2. The molecule has 4 aliphatic carbocycles. The third-order valence-electron chi connectivity index (χ3n) is 7.33. The van der Waals surface area contributed by atoms with Crippen molar-refractivity contribution < 1.29 is 23.8 Å². The molecule has 0 amide bonds. The molecule has 144 valence electrons. The summed E-state index contributed by atoms with van der Waals surface area (Å²) in [5.74, 6) is 1.43. The molecule has 0 spiro atoms. The van der Waals surface area contributed by atoms with Gasteiger partial charge in [0, 0.05) is 6.42 Å². The highest BCUT2D eigenvalue weighted by molar-refractivity contribution is 5.83. The first kappa shape index (κ1) is 17.1. The Balaban J connectivity index is 1.44. The summed E-state index contributed by atoms with van der Waals surface area (Å²) in [6.07, 6.45) is 5.94. The van der Waals surface area contributed by atoms with E-state index in [9.17, 15) is 9.59 Å². The summed E-state index contributed by atoms with van der Waals surface area (Å²) in [5, 5.41) is 0. The number of ether oxygens (including phenoxy) is 3. The molecule has 5 heteroatoms. The number of carbonyl (C=O) groups excluding carboxylic acids is 2. The average Bonchev–Trinajstić information content (AvgIpc) is 3.05. The fourth-order valence-corrected chi connectivity index (χ4v) is 6.62. The molecule has 6 rings (SSSR count). The second-order valence-corrected chi connectivity index (χ2v) is 9.10. The predicted octanol–water partition coefficient (Wildman–Crippen LogP) is 3.39. The van der Waals surface area contributed by atoms with Gasteiger partial charge in [-0.15, -0.1) is 0 Å². The van der Waals surface area contributed by atoms with Gasteiger partial charge < -0.3 is 14.2 Å². The second-order valence-electron chi connectivity index (χ2n) is 9.10. The van der Waals surface area contributed by atoms with Crippen molar-refractivity contribution >= 4 is 11.9 Å². The molecule has 27 heavy (non-hydrogen) atoms. The van der Waals surface area contributed by atoms with Gasteiger partial charge in [-0.3, -0.25) is 4.79 Å². The second kappa shape index (κ2) is 5.98. The van der Waals surface area contributed by atoms with Crippen LogP contribution in [0.1, 0.15) is 50.5 Å². The van der Waals surface area contributed by atoms with E-state index in [2.05, 4.69) is 12.1 Å². The van der Waals surface area contributed by atoms with E-state index >= 15 is 0 Å². The van der Waals surface area contributed by atoms with Gasteiger partial charge in [0.1, 0.15) is 5.75 Å². The van der Waals surface area contributed by atoms with Crippen LogP contribution in [-0.2, 0) is 24.5 Å². The van der Waals surface area contributed by atoms with Gasteiger partial charge in [-0.2, -0.15) is 0 Å². The lowest BCUT2D eigenvalue weighted by molar-refractivity contribution is -0.182. The number of esters is 2. The van der Waals surface area contributed by atoms with E-state index in [0.29, 0.717) is 24.9 Å². The molecule has 5 nitrogen and oxygen atoms in total. The van der Waals surface area contributed by atoms with E-state index in [-0.39, 0.29) is 11.4 Å². The van der Waals surface area contributed by atoms with E-state index in [1.165, 1.54) is 12.0 Å². The van der Waals surface area contributed by atoms with Crippen LogP contribution in [0.25, 0.3) is 0 Å². The molecule has 0 N–H and O–H groups in total. The van der Waals surface area contributed by atoms with Crippen LogP contribution >= 0.6 is 0 Å². The minimum atomic E-state index is -0.706. The van der Waals surface area contributed by atoms with Crippen molar-refractivity contribution in [3.8, 4) is 5.75 Å². The van der Waals surface area contributed by atoms with Crippen LogP contribution in [0.5, 0.6) is 5.75 Å². The Morgan fingerprint density at radius 3 is 2.41 bits per heavy atom. The topological polar surface area (TPSA) is 61.8 Å².